The minimum atomic E-state index is -1.42. The van der Waals surface area contributed by atoms with Gasteiger partial charge in [0.15, 0.2) is 0 Å². The average Bonchev–Trinajstić information content (AvgIpc) is 3.07. The van der Waals surface area contributed by atoms with Crippen LogP contribution in [0.25, 0.3) is 0 Å². The van der Waals surface area contributed by atoms with Gasteiger partial charge < -0.3 is 42.0 Å². The zero-order valence-corrected chi connectivity index (χ0v) is 36.6. The number of hydrogen-bond donors (Lipinski definition) is 7. The molecule has 0 bridgehead atoms. The van der Waals surface area contributed by atoms with Crippen LogP contribution >= 0.6 is 0 Å². The standard InChI is InChI=1S/C41H73N7O9/c1-21(2)15-14-16-33(49)48-34-28(13)57-41(56)27(12)43-36(51)29(17-22(3)4)45-38(53)31(19-24(7)8)47-39(54)32(20-25(9)10)46-37(52)30(18-23(5)6)44-35(50)26(11)42-40(34)55/h21-32,34H,14-20H2,1-13H3,(H,42,55)(H,43,51)(H,44,50)(H,45,53)(H,46,52)(H,47,54)(H,48,49). The Kier molecular flexibility index (Phi) is 21.8. The minimum absolute atomic E-state index is 0.0475. The van der Waals surface area contributed by atoms with E-state index >= 15 is 0 Å². The smallest absolute Gasteiger partial charge is 0.328 e. The minimum Gasteiger partial charge on any atom is -0.458 e. The lowest BCUT2D eigenvalue weighted by Gasteiger charge is -2.30. The average molecular weight is 808 g/mol. The second kappa shape index (κ2) is 24.5. The summed E-state index contributed by atoms with van der Waals surface area (Å²) in [5.74, 6) is -5.28. The molecule has 1 rings (SSSR count). The summed E-state index contributed by atoms with van der Waals surface area (Å²) in [5.41, 5.74) is 0. The maximum absolute atomic E-state index is 13.9. The number of ether oxygens (including phenoxy) is 1. The maximum Gasteiger partial charge on any atom is 0.328 e. The van der Waals surface area contributed by atoms with Gasteiger partial charge >= 0.3 is 5.97 Å². The van der Waals surface area contributed by atoms with Crippen molar-refractivity contribution >= 4 is 47.3 Å². The highest BCUT2D eigenvalue weighted by Gasteiger charge is 2.36. The van der Waals surface area contributed by atoms with Crippen molar-refractivity contribution in [2.24, 2.45) is 29.6 Å². The van der Waals surface area contributed by atoms with Gasteiger partial charge in [-0.3, -0.25) is 33.6 Å². The van der Waals surface area contributed by atoms with Crippen molar-refractivity contribution < 1.29 is 43.1 Å². The highest BCUT2D eigenvalue weighted by molar-refractivity contribution is 5.97. The third kappa shape index (κ3) is 19.2. The molecule has 8 unspecified atom stereocenters. The fraction of sp³-hybridized carbons (Fsp3) is 0.805. The molecule has 57 heavy (non-hydrogen) atoms. The van der Waals surface area contributed by atoms with Crippen LogP contribution in [0.3, 0.4) is 0 Å². The first-order chi connectivity index (χ1) is 26.4. The van der Waals surface area contributed by atoms with Crippen molar-refractivity contribution in [1.82, 2.24) is 37.2 Å². The van der Waals surface area contributed by atoms with E-state index in [2.05, 4.69) is 37.2 Å². The Labute approximate surface area is 340 Å². The topological polar surface area (TPSA) is 230 Å². The lowest BCUT2D eigenvalue weighted by atomic mass is 9.98. The van der Waals surface area contributed by atoms with Crippen LogP contribution in [-0.4, -0.2) is 95.7 Å². The third-order valence-electron chi connectivity index (χ3n) is 9.38. The SMILES string of the molecule is CC(C)CCCC(=O)NC1C(=O)NC(C)C(=O)NC(CC(C)C)C(=O)NC(CC(C)C)C(=O)NC(CC(C)C)C(=O)NC(CC(C)C)C(=O)NC(C)C(=O)OC1C. The van der Waals surface area contributed by atoms with E-state index in [1.165, 1.54) is 20.8 Å². The summed E-state index contributed by atoms with van der Waals surface area (Å²) in [6.07, 6.45) is 1.03. The van der Waals surface area contributed by atoms with E-state index in [0.29, 0.717) is 12.3 Å². The molecule has 1 heterocycles. The Morgan fingerprint density at radius 1 is 0.509 bits per heavy atom. The number of nitrogens with one attached hydrogen (secondary N) is 7. The molecule has 1 saturated heterocycles. The monoisotopic (exact) mass is 808 g/mol. The molecule has 1 fully saturated rings. The fourth-order valence-electron chi connectivity index (χ4n) is 6.33. The lowest BCUT2D eigenvalue weighted by molar-refractivity contribution is -0.155. The summed E-state index contributed by atoms with van der Waals surface area (Å²) in [6, 6.07) is -8.19. The van der Waals surface area contributed by atoms with Crippen LogP contribution in [0.5, 0.6) is 0 Å². The van der Waals surface area contributed by atoms with Crippen molar-refractivity contribution in [3.8, 4) is 0 Å². The summed E-state index contributed by atoms with van der Waals surface area (Å²) >= 11 is 0. The molecule has 326 valence electrons. The van der Waals surface area contributed by atoms with Crippen molar-refractivity contribution in [2.75, 3.05) is 0 Å². The van der Waals surface area contributed by atoms with Crippen LogP contribution in [0.15, 0.2) is 0 Å². The first kappa shape index (κ1) is 50.8. The number of carbonyl (C=O) groups excluding carboxylic acids is 8. The van der Waals surface area contributed by atoms with Crippen LogP contribution < -0.4 is 37.2 Å². The van der Waals surface area contributed by atoms with Gasteiger partial charge in [-0.25, -0.2) is 4.79 Å². The van der Waals surface area contributed by atoms with Crippen molar-refractivity contribution in [3.05, 3.63) is 0 Å². The molecule has 16 nitrogen and oxygen atoms in total. The van der Waals surface area contributed by atoms with Crippen LogP contribution in [0.1, 0.15) is 135 Å². The highest BCUT2D eigenvalue weighted by atomic mass is 16.5. The molecule has 7 amide bonds. The first-order valence-corrected chi connectivity index (χ1v) is 20.7. The molecule has 8 atom stereocenters. The summed E-state index contributed by atoms with van der Waals surface area (Å²) in [5, 5.41) is 18.9. The first-order valence-electron chi connectivity index (χ1n) is 20.7. The molecule has 0 aromatic heterocycles. The molecular weight excluding hydrogens is 734 g/mol. The fourth-order valence-corrected chi connectivity index (χ4v) is 6.33. The lowest BCUT2D eigenvalue weighted by Crippen LogP contribution is -2.61. The van der Waals surface area contributed by atoms with Gasteiger partial charge in [0.25, 0.3) is 0 Å². The molecule has 0 radical (unpaired) electrons. The number of cyclic esters (lactones) is 1. The molecule has 0 aromatic carbocycles. The summed E-state index contributed by atoms with van der Waals surface area (Å²) in [4.78, 5) is 109. The van der Waals surface area contributed by atoms with Crippen LogP contribution in [0, 0.1) is 29.6 Å². The number of rotatable bonds is 13. The van der Waals surface area contributed by atoms with Crippen molar-refractivity contribution in [1.29, 1.82) is 0 Å². The van der Waals surface area contributed by atoms with Gasteiger partial charge in [0.05, 0.1) is 0 Å². The predicted molar refractivity (Wildman–Crippen MR) is 217 cm³/mol. The van der Waals surface area contributed by atoms with Gasteiger partial charge in [-0.05, 0) is 82.5 Å². The quantitative estimate of drug-likeness (QED) is 0.135. The Morgan fingerprint density at radius 3 is 1.23 bits per heavy atom. The molecule has 0 spiro atoms. The van der Waals surface area contributed by atoms with E-state index in [-0.39, 0.29) is 55.8 Å². The van der Waals surface area contributed by atoms with Crippen molar-refractivity contribution in [3.63, 3.8) is 0 Å². The molecule has 1 aliphatic rings. The summed E-state index contributed by atoms with van der Waals surface area (Å²) in [6.45, 7) is 23.3. The van der Waals surface area contributed by atoms with Crippen LogP contribution in [-0.2, 0) is 43.1 Å². The van der Waals surface area contributed by atoms with Gasteiger partial charge in [0, 0.05) is 6.42 Å². The maximum atomic E-state index is 13.9. The Morgan fingerprint density at radius 2 is 0.860 bits per heavy atom. The van der Waals surface area contributed by atoms with Gasteiger partial charge in [-0.1, -0.05) is 75.7 Å². The van der Waals surface area contributed by atoms with E-state index < -0.39 is 95.7 Å². The highest BCUT2D eigenvalue weighted by Crippen LogP contribution is 2.14. The van der Waals surface area contributed by atoms with Gasteiger partial charge in [0.1, 0.15) is 48.4 Å². The van der Waals surface area contributed by atoms with E-state index in [4.69, 9.17) is 4.74 Å². The molecule has 0 aliphatic carbocycles. The van der Waals surface area contributed by atoms with E-state index in [1.807, 2.05) is 69.2 Å². The van der Waals surface area contributed by atoms with Crippen LogP contribution in [0.4, 0.5) is 0 Å². The Hall–Kier alpha value is -4.24. The summed E-state index contributed by atoms with van der Waals surface area (Å²) in [7, 11) is 0. The second-order valence-electron chi connectivity index (χ2n) is 17.7. The number of hydrogen-bond acceptors (Lipinski definition) is 9. The molecule has 7 N–H and O–H groups in total. The molecule has 0 saturated carbocycles. The largest absolute Gasteiger partial charge is 0.458 e. The Bertz CT molecular complexity index is 1380. The zero-order valence-electron chi connectivity index (χ0n) is 36.6. The van der Waals surface area contributed by atoms with Gasteiger partial charge in [0.2, 0.25) is 41.4 Å². The number of carbonyl (C=O) groups is 8. The van der Waals surface area contributed by atoms with E-state index in [9.17, 15) is 38.4 Å². The summed E-state index contributed by atoms with van der Waals surface area (Å²) < 4.78 is 5.62. The normalized spacial score (nSPS) is 26.8. The predicted octanol–water partition coefficient (Wildman–Crippen LogP) is 2.38. The molecule has 1 aliphatic heterocycles. The van der Waals surface area contributed by atoms with Crippen molar-refractivity contribution in [2.45, 2.75) is 183 Å². The Balaban J connectivity index is 3.74. The van der Waals surface area contributed by atoms with Gasteiger partial charge in [-0.15, -0.1) is 0 Å². The molecular formula is C41H73N7O9. The van der Waals surface area contributed by atoms with E-state index in [1.54, 1.807) is 0 Å². The number of amides is 7. The zero-order chi connectivity index (χ0) is 43.7. The molecule has 0 aromatic rings. The number of esters is 1. The second-order valence-corrected chi connectivity index (χ2v) is 17.7. The third-order valence-corrected chi connectivity index (χ3v) is 9.38. The van der Waals surface area contributed by atoms with Crippen LogP contribution in [0.2, 0.25) is 0 Å². The van der Waals surface area contributed by atoms with E-state index in [0.717, 1.165) is 6.42 Å². The molecule has 16 heteroatoms. The van der Waals surface area contributed by atoms with Gasteiger partial charge in [-0.2, -0.15) is 0 Å².